The minimum Gasteiger partial charge on any atom is -0.444 e. The third-order valence-corrected chi connectivity index (χ3v) is 7.87. The van der Waals surface area contributed by atoms with Gasteiger partial charge >= 0.3 is 12.1 Å². The number of halogens is 1. The number of hydrogen-bond acceptors (Lipinski definition) is 6. The van der Waals surface area contributed by atoms with Gasteiger partial charge in [0.15, 0.2) is 0 Å². The fourth-order valence-corrected chi connectivity index (χ4v) is 5.56. The molecule has 0 radical (unpaired) electrons. The molecule has 0 atom stereocenters. The van der Waals surface area contributed by atoms with Crippen LogP contribution in [-0.2, 0) is 9.53 Å². The lowest BCUT2D eigenvalue weighted by atomic mass is 9.91. The Labute approximate surface area is 235 Å². The van der Waals surface area contributed by atoms with E-state index in [0.29, 0.717) is 48.4 Å². The van der Waals surface area contributed by atoms with Crippen LogP contribution in [0.3, 0.4) is 0 Å². The lowest BCUT2D eigenvalue weighted by Crippen LogP contribution is -2.50. The van der Waals surface area contributed by atoms with E-state index < -0.39 is 11.6 Å². The quantitative estimate of drug-likeness (QED) is 0.564. The van der Waals surface area contributed by atoms with Gasteiger partial charge < -0.3 is 14.5 Å². The van der Waals surface area contributed by atoms with E-state index in [1.807, 2.05) is 25.7 Å². The summed E-state index contributed by atoms with van der Waals surface area (Å²) >= 11 is 6.33. The highest BCUT2D eigenvalue weighted by Gasteiger charge is 2.29. The van der Waals surface area contributed by atoms with E-state index in [1.165, 1.54) is 4.90 Å². The molecule has 11 heteroatoms. The number of imide groups is 1. The lowest BCUT2D eigenvalue weighted by molar-refractivity contribution is -0.120. The van der Waals surface area contributed by atoms with Crippen molar-refractivity contribution < 1.29 is 23.9 Å². The number of likely N-dealkylation sites (tertiary alicyclic amines) is 1. The van der Waals surface area contributed by atoms with Crippen LogP contribution in [-0.4, -0.2) is 96.6 Å². The van der Waals surface area contributed by atoms with Crippen LogP contribution in [0.15, 0.2) is 18.2 Å². The van der Waals surface area contributed by atoms with Crippen LogP contribution in [0.25, 0.3) is 0 Å². The van der Waals surface area contributed by atoms with Gasteiger partial charge in [-0.15, -0.1) is 0 Å². The molecule has 10 nitrogen and oxygen atoms in total. The Morgan fingerprint density at radius 3 is 2.33 bits per heavy atom. The number of nitrogens with one attached hydrogen (secondary N) is 1. The van der Waals surface area contributed by atoms with Gasteiger partial charge in [-0.3, -0.25) is 24.7 Å². The smallest absolute Gasteiger partial charge is 0.410 e. The number of carbonyl (C=O) groups excluding carboxylic acids is 4. The van der Waals surface area contributed by atoms with Crippen LogP contribution < -0.4 is 10.2 Å². The number of anilines is 1. The Hall–Kier alpha value is -2.85. The molecule has 0 aliphatic carbocycles. The van der Waals surface area contributed by atoms with E-state index in [9.17, 15) is 19.2 Å². The van der Waals surface area contributed by atoms with Crippen molar-refractivity contribution in [2.24, 2.45) is 5.92 Å². The topological polar surface area (TPSA) is 102 Å². The molecular formula is C28H40ClN5O5. The predicted molar refractivity (Wildman–Crippen MR) is 149 cm³/mol. The zero-order valence-corrected chi connectivity index (χ0v) is 24.0. The number of hydrogen-bond donors (Lipinski definition) is 1. The summed E-state index contributed by atoms with van der Waals surface area (Å²) in [6.07, 6.45) is 4.13. The SMILES string of the molecule is CC(C)(C)OC(=O)N1CCN(CCCC2CCN(C(=O)c3ccc(Cl)c(N4CCC(=O)NC4=O)c3)CC2)CC1. The number of nitrogens with zero attached hydrogens (tertiary/aromatic N) is 4. The Morgan fingerprint density at radius 2 is 1.69 bits per heavy atom. The molecule has 39 heavy (non-hydrogen) atoms. The number of carbonyl (C=O) groups is 4. The third-order valence-electron chi connectivity index (χ3n) is 7.55. The minimum absolute atomic E-state index is 0.0669. The Morgan fingerprint density at radius 1 is 1.00 bits per heavy atom. The number of piperidine rings is 1. The molecule has 0 spiro atoms. The van der Waals surface area contributed by atoms with Gasteiger partial charge in [0.05, 0.1) is 10.7 Å². The number of urea groups is 1. The number of benzene rings is 1. The fraction of sp³-hybridized carbons (Fsp3) is 0.643. The van der Waals surface area contributed by atoms with Gasteiger partial charge in [0, 0.05) is 57.8 Å². The molecule has 3 saturated heterocycles. The van der Waals surface area contributed by atoms with E-state index in [0.717, 1.165) is 45.3 Å². The van der Waals surface area contributed by atoms with E-state index >= 15 is 0 Å². The van der Waals surface area contributed by atoms with Gasteiger partial charge in [0.1, 0.15) is 5.60 Å². The second-order valence-electron chi connectivity index (χ2n) is 11.6. The molecule has 3 heterocycles. The molecule has 0 aromatic heterocycles. The van der Waals surface area contributed by atoms with Crippen LogP contribution in [0.4, 0.5) is 15.3 Å². The van der Waals surface area contributed by atoms with E-state index in [-0.39, 0.29) is 30.9 Å². The van der Waals surface area contributed by atoms with Crippen molar-refractivity contribution in [3.05, 3.63) is 28.8 Å². The number of amides is 5. The van der Waals surface area contributed by atoms with Crippen molar-refractivity contribution in [1.29, 1.82) is 0 Å². The van der Waals surface area contributed by atoms with Crippen molar-refractivity contribution in [2.75, 3.05) is 57.3 Å². The summed E-state index contributed by atoms with van der Waals surface area (Å²) in [6, 6.07) is 4.45. The molecule has 3 aliphatic heterocycles. The second kappa shape index (κ2) is 12.6. The monoisotopic (exact) mass is 561 g/mol. The van der Waals surface area contributed by atoms with Crippen molar-refractivity contribution >= 4 is 41.2 Å². The van der Waals surface area contributed by atoms with Gasteiger partial charge in [-0.1, -0.05) is 11.6 Å². The largest absolute Gasteiger partial charge is 0.444 e. The zero-order chi connectivity index (χ0) is 28.2. The Bertz CT molecular complexity index is 1070. The van der Waals surface area contributed by atoms with Gasteiger partial charge in [0.25, 0.3) is 5.91 Å². The van der Waals surface area contributed by atoms with Crippen LogP contribution in [0.5, 0.6) is 0 Å². The first-order chi connectivity index (χ1) is 18.5. The van der Waals surface area contributed by atoms with Crippen LogP contribution in [0.1, 0.15) is 63.2 Å². The maximum absolute atomic E-state index is 13.2. The molecule has 0 saturated carbocycles. The molecule has 3 aliphatic rings. The molecular weight excluding hydrogens is 522 g/mol. The number of ether oxygens (including phenoxy) is 1. The van der Waals surface area contributed by atoms with E-state index in [4.69, 9.17) is 16.3 Å². The predicted octanol–water partition coefficient (Wildman–Crippen LogP) is 3.97. The van der Waals surface area contributed by atoms with E-state index in [1.54, 1.807) is 23.1 Å². The molecule has 0 bridgehead atoms. The summed E-state index contributed by atoms with van der Waals surface area (Å²) in [5, 5.41) is 2.66. The summed E-state index contributed by atoms with van der Waals surface area (Å²) in [5.41, 5.74) is 0.456. The average Bonchev–Trinajstić information content (AvgIpc) is 2.89. The first-order valence-corrected chi connectivity index (χ1v) is 14.3. The highest BCUT2D eigenvalue weighted by Crippen LogP contribution is 2.30. The summed E-state index contributed by atoms with van der Waals surface area (Å²) in [7, 11) is 0. The highest BCUT2D eigenvalue weighted by atomic mass is 35.5. The van der Waals surface area contributed by atoms with Crippen LogP contribution in [0.2, 0.25) is 5.02 Å². The van der Waals surface area contributed by atoms with Gasteiger partial charge in [-0.2, -0.15) is 0 Å². The van der Waals surface area contributed by atoms with Crippen molar-refractivity contribution in [3.63, 3.8) is 0 Å². The molecule has 3 fully saturated rings. The van der Waals surface area contributed by atoms with Crippen molar-refractivity contribution in [3.8, 4) is 0 Å². The normalized spacial score (nSPS) is 19.7. The second-order valence-corrected chi connectivity index (χ2v) is 12.0. The zero-order valence-electron chi connectivity index (χ0n) is 23.2. The van der Waals surface area contributed by atoms with E-state index in [2.05, 4.69) is 10.2 Å². The molecule has 0 unspecified atom stereocenters. The molecule has 1 aromatic carbocycles. The third kappa shape index (κ3) is 7.85. The highest BCUT2D eigenvalue weighted by molar-refractivity contribution is 6.34. The fourth-order valence-electron chi connectivity index (χ4n) is 5.34. The van der Waals surface area contributed by atoms with Gasteiger partial charge in [0.2, 0.25) is 5.91 Å². The molecule has 4 rings (SSSR count). The Kier molecular flexibility index (Phi) is 9.38. The minimum atomic E-state index is -0.525. The van der Waals surface area contributed by atoms with Crippen LogP contribution in [0, 0.1) is 5.92 Å². The average molecular weight is 562 g/mol. The molecule has 1 aromatic rings. The summed E-state index contributed by atoms with van der Waals surface area (Å²) in [5.74, 6) is 0.207. The number of piperazine rings is 1. The Balaban J connectivity index is 1.19. The first-order valence-electron chi connectivity index (χ1n) is 13.9. The summed E-state index contributed by atoms with van der Waals surface area (Å²) in [6.45, 7) is 11.4. The van der Waals surface area contributed by atoms with Gasteiger partial charge in [-0.25, -0.2) is 9.59 Å². The maximum atomic E-state index is 13.2. The van der Waals surface area contributed by atoms with Crippen LogP contribution >= 0.6 is 11.6 Å². The molecule has 214 valence electrons. The maximum Gasteiger partial charge on any atom is 0.410 e. The molecule has 5 amide bonds. The first kappa shape index (κ1) is 29.1. The summed E-state index contributed by atoms with van der Waals surface area (Å²) in [4.78, 5) is 56.7. The lowest BCUT2D eigenvalue weighted by Gasteiger charge is -2.36. The summed E-state index contributed by atoms with van der Waals surface area (Å²) < 4.78 is 5.48. The molecule has 1 N–H and O–H groups in total. The van der Waals surface area contributed by atoms with Crippen molar-refractivity contribution in [2.45, 2.75) is 58.5 Å². The number of rotatable bonds is 6. The standard InChI is InChI=1S/C28H40ClN5O5/c1-28(2,3)39-27(38)33-17-15-31(16-18-33)11-4-5-20-8-12-32(13-9-20)25(36)21-6-7-22(29)23(19-21)34-14-10-24(35)30-26(34)37/h6-7,19-20H,4-5,8-18H2,1-3H3,(H,30,35,37). The van der Waals surface area contributed by atoms with Gasteiger partial charge in [-0.05, 0) is 77.1 Å². The van der Waals surface area contributed by atoms with Crippen molar-refractivity contribution in [1.82, 2.24) is 20.0 Å².